The maximum atomic E-state index is 11.8. The highest BCUT2D eigenvalue weighted by Gasteiger charge is 2.12. The normalized spacial score (nSPS) is 10.8. The largest absolute Gasteiger partial charge is 0.481 e. The van der Waals surface area contributed by atoms with Crippen LogP contribution in [0, 0.1) is 10.1 Å². The summed E-state index contributed by atoms with van der Waals surface area (Å²) in [7, 11) is 0. The van der Waals surface area contributed by atoms with Gasteiger partial charge in [-0.2, -0.15) is 5.10 Å². The number of halogens is 4. The smallest absolute Gasteiger partial charge is 0.288 e. The van der Waals surface area contributed by atoms with Gasteiger partial charge in [0.25, 0.3) is 11.6 Å². The fourth-order valence-corrected chi connectivity index (χ4v) is 4.44. The average molecular weight is 570 g/mol. The minimum absolute atomic E-state index is 0.0234. The summed E-state index contributed by atoms with van der Waals surface area (Å²) in [6.07, 6.45) is 1.27. The van der Waals surface area contributed by atoms with E-state index in [1.807, 2.05) is 0 Å². The van der Waals surface area contributed by atoms with E-state index in [1.165, 1.54) is 24.4 Å². The highest BCUT2D eigenvalue weighted by atomic mass is 79.9. The molecule has 0 bridgehead atoms. The maximum absolute atomic E-state index is 11.8. The van der Waals surface area contributed by atoms with Crippen molar-refractivity contribution in [3.8, 4) is 5.75 Å². The first-order valence-electron chi connectivity index (χ1n) is 6.81. The quantitative estimate of drug-likeness (QED) is 0.299. The SMILES string of the molecule is O=C(COc1c(Br)cc(Br)cc1Br)N/N=C\c1ccc(Cl)c([N+](=O)[O-])c1. The van der Waals surface area contributed by atoms with Gasteiger partial charge < -0.3 is 4.74 Å². The highest BCUT2D eigenvalue weighted by Crippen LogP contribution is 2.36. The number of benzene rings is 2. The van der Waals surface area contributed by atoms with Crippen LogP contribution in [0.25, 0.3) is 0 Å². The third kappa shape index (κ3) is 5.76. The zero-order valence-corrected chi connectivity index (χ0v) is 18.2. The van der Waals surface area contributed by atoms with Crippen molar-refractivity contribution in [2.75, 3.05) is 6.61 Å². The lowest BCUT2D eigenvalue weighted by atomic mass is 10.2. The molecule has 0 fully saturated rings. The number of carbonyl (C=O) groups is 1. The minimum Gasteiger partial charge on any atom is -0.481 e. The molecule has 2 aromatic rings. The van der Waals surface area contributed by atoms with Crippen molar-refractivity contribution < 1.29 is 14.5 Å². The molecular formula is C15H9Br3ClN3O4. The van der Waals surface area contributed by atoms with E-state index in [0.717, 1.165) is 4.47 Å². The van der Waals surface area contributed by atoms with E-state index in [-0.39, 0.29) is 17.3 Å². The Morgan fingerprint density at radius 3 is 2.54 bits per heavy atom. The van der Waals surface area contributed by atoms with Gasteiger partial charge in [0.1, 0.15) is 10.8 Å². The maximum Gasteiger partial charge on any atom is 0.288 e. The molecule has 0 saturated heterocycles. The van der Waals surface area contributed by atoms with E-state index in [9.17, 15) is 14.9 Å². The Morgan fingerprint density at radius 1 is 1.27 bits per heavy atom. The molecule has 0 aliphatic carbocycles. The van der Waals surface area contributed by atoms with Crippen molar-refractivity contribution >= 4 is 77.2 Å². The first kappa shape index (κ1) is 20.8. The van der Waals surface area contributed by atoms with Crippen LogP contribution in [-0.2, 0) is 4.79 Å². The summed E-state index contributed by atoms with van der Waals surface area (Å²) >= 11 is 15.8. The van der Waals surface area contributed by atoms with Crippen molar-refractivity contribution in [1.29, 1.82) is 0 Å². The van der Waals surface area contributed by atoms with Gasteiger partial charge in [0.2, 0.25) is 0 Å². The van der Waals surface area contributed by atoms with Crippen LogP contribution in [0.1, 0.15) is 5.56 Å². The molecule has 11 heteroatoms. The molecule has 0 spiro atoms. The molecule has 0 atom stereocenters. The zero-order chi connectivity index (χ0) is 19.3. The van der Waals surface area contributed by atoms with E-state index < -0.39 is 10.8 Å². The Morgan fingerprint density at radius 2 is 1.92 bits per heavy atom. The standard InChI is InChI=1S/C15H9Br3ClN3O4/c16-9-4-10(17)15(11(18)5-9)26-7-14(23)21-20-6-8-1-2-12(19)13(3-8)22(24)25/h1-6H,7H2,(H,21,23)/b20-6-. The lowest BCUT2D eigenvalue weighted by Crippen LogP contribution is -2.24. The van der Waals surface area contributed by atoms with Crippen molar-refractivity contribution in [2.24, 2.45) is 5.10 Å². The van der Waals surface area contributed by atoms with Crippen LogP contribution in [0.3, 0.4) is 0 Å². The molecule has 26 heavy (non-hydrogen) atoms. The first-order valence-corrected chi connectivity index (χ1v) is 9.57. The molecule has 0 radical (unpaired) electrons. The summed E-state index contributed by atoms with van der Waals surface area (Å²) in [6.45, 7) is -0.267. The van der Waals surface area contributed by atoms with Crippen LogP contribution < -0.4 is 10.2 Å². The number of ether oxygens (including phenoxy) is 1. The van der Waals surface area contributed by atoms with Gasteiger partial charge in [0.05, 0.1) is 20.1 Å². The van der Waals surface area contributed by atoms with Crippen molar-refractivity contribution in [2.45, 2.75) is 0 Å². The van der Waals surface area contributed by atoms with Gasteiger partial charge in [-0.05, 0) is 50.1 Å². The van der Waals surface area contributed by atoms with Gasteiger partial charge in [-0.1, -0.05) is 33.6 Å². The lowest BCUT2D eigenvalue weighted by molar-refractivity contribution is -0.384. The van der Waals surface area contributed by atoms with Crippen molar-refractivity contribution in [3.05, 3.63) is 64.5 Å². The van der Waals surface area contributed by atoms with E-state index in [0.29, 0.717) is 20.3 Å². The lowest BCUT2D eigenvalue weighted by Gasteiger charge is -2.09. The second-order valence-corrected chi connectivity index (χ2v) is 7.78. The molecule has 2 rings (SSSR count). The number of hydrogen-bond donors (Lipinski definition) is 1. The molecule has 7 nitrogen and oxygen atoms in total. The summed E-state index contributed by atoms with van der Waals surface area (Å²) in [6, 6.07) is 7.74. The number of hydrogen-bond acceptors (Lipinski definition) is 5. The van der Waals surface area contributed by atoms with Crippen LogP contribution in [0.2, 0.25) is 5.02 Å². The summed E-state index contributed by atoms with van der Waals surface area (Å²) < 4.78 is 7.63. The molecule has 1 N–H and O–H groups in total. The number of amides is 1. The summed E-state index contributed by atoms with van der Waals surface area (Å²) in [5.74, 6) is -0.0212. The van der Waals surface area contributed by atoms with Crippen LogP contribution >= 0.6 is 59.4 Å². The molecule has 0 aliphatic heterocycles. The van der Waals surface area contributed by atoms with Gasteiger partial charge in [-0.15, -0.1) is 0 Å². The molecule has 136 valence electrons. The highest BCUT2D eigenvalue weighted by molar-refractivity contribution is 9.11. The third-order valence-electron chi connectivity index (χ3n) is 2.88. The number of hydrazone groups is 1. The zero-order valence-electron chi connectivity index (χ0n) is 12.7. The van der Waals surface area contributed by atoms with Gasteiger partial charge in [0.15, 0.2) is 6.61 Å². The molecular weight excluding hydrogens is 561 g/mol. The number of rotatable bonds is 6. The first-order chi connectivity index (χ1) is 12.3. The predicted molar refractivity (Wildman–Crippen MR) is 109 cm³/mol. The molecule has 2 aromatic carbocycles. The van der Waals surface area contributed by atoms with E-state index in [1.54, 1.807) is 12.1 Å². The summed E-state index contributed by atoms with van der Waals surface area (Å²) in [5, 5.41) is 14.6. The number of carbonyl (C=O) groups excluding carboxylic acids is 1. The van der Waals surface area contributed by atoms with Gasteiger partial charge in [-0.25, -0.2) is 5.43 Å². The molecule has 0 unspecified atom stereocenters. The number of nitro benzene ring substituents is 1. The Bertz CT molecular complexity index is 869. The number of nitrogens with one attached hydrogen (secondary N) is 1. The molecule has 0 heterocycles. The minimum atomic E-state index is -0.597. The summed E-state index contributed by atoms with van der Waals surface area (Å²) in [5.41, 5.74) is 2.45. The van der Waals surface area contributed by atoms with Gasteiger partial charge >= 0.3 is 0 Å². The average Bonchev–Trinajstić information content (AvgIpc) is 2.55. The fourth-order valence-electron chi connectivity index (χ4n) is 1.77. The van der Waals surface area contributed by atoms with Crippen molar-refractivity contribution in [1.82, 2.24) is 5.43 Å². The molecule has 0 aliphatic rings. The Kier molecular flexibility index (Phi) is 7.56. The van der Waals surface area contributed by atoms with Crippen LogP contribution in [0.5, 0.6) is 5.75 Å². The van der Waals surface area contributed by atoms with Crippen LogP contribution in [0.4, 0.5) is 5.69 Å². The molecule has 0 aromatic heterocycles. The van der Waals surface area contributed by atoms with E-state index >= 15 is 0 Å². The Labute approximate surface area is 178 Å². The van der Waals surface area contributed by atoms with Crippen LogP contribution in [0.15, 0.2) is 48.9 Å². The fraction of sp³-hybridized carbons (Fsp3) is 0.0667. The van der Waals surface area contributed by atoms with Gasteiger partial charge in [-0.3, -0.25) is 14.9 Å². The molecule has 1 amide bonds. The van der Waals surface area contributed by atoms with E-state index in [2.05, 4.69) is 58.3 Å². The Balaban J connectivity index is 1.94. The number of nitro groups is 1. The summed E-state index contributed by atoms with van der Waals surface area (Å²) in [4.78, 5) is 22.0. The van der Waals surface area contributed by atoms with Crippen LogP contribution in [-0.4, -0.2) is 23.7 Å². The molecule has 0 saturated carbocycles. The monoisotopic (exact) mass is 567 g/mol. The topological polar surface area (TPSA) is 93.8 Å². The third-order valence-corrected chi connectivity index (χ3v) is 4.84. The van der Waals surface area contributed by atoms with Gasteiger partial charge in [0, 0.05) is 16.1 Å². The number of nitrogens with zero attached hydrogens (tertiary/aromatic N) is 2. The second-order valence-electron chi connectivity index (χ2n) is 4.75. The second kappa shape index (κ2) is 9.45. The van der Waals surface area contributed by atoms with E-state index in [4.69, 9.17) is 16.3 Å². The predicted octanol–water partition coefficient (Wildman–Crippen LogP) is 5.06. The van der Waals surface area contributed by atoms with Crippen molar-refractivity contribution in [3.63, 3.8) is 0 Å². The Hall–Kier alpha value is -1.49.